The first-order chi connectivity index (χ1) is 17.0. The molecule has 2 saturated heterocycles. The number of anilines is 1. The molecule has 0 spiro atoms. The lowest BCUT2D eigenvalue weighted by Gasteiger charge is -2.34. The van der Waals surface area contributed by atoms with Crippen LogP contribution in [0.3, 0.4) is 0 Å². The van der Waals surface area contributed by atoms with Crippen molar-refractivity contribution in [1.82, 2.24) is 24.3 Å². The van der Waals surface area contributed by atoms with Crippen LogP contribution in [0.25, 0.3) is 11.3 Å². The molecule has 10 heteroatoms. The summed E-state index contributed by atoms with van der Waals surface area (Å²) in [5, 5.41) is 0. The number of piperidine rings is 1. The maximum absolute atomic E-state index is 12.7. The predicted molar refractivity (Wildman–Crippen MR) is 162 cm³/mol. The number of likely N-dealkylation sites (tertiary alicyclic amines) is 1. The van der Waals surface area contributed by atoms with Gasteiger partial charge in [-0.1, -0.05) is 24.3 Å². The van der Waals surface area contributed by atoms with Crippen molar-refractivity contribution in [3.05, 3.63) is 76.3 Å². The van der Waals surface area contributed by atoms with E-state index in [1.807, 2.05) is 19.2 Å². The lowest BCUT2D eigenvalue weighted by atomic mass is 9.90. The van der Waals surface area contributed by atoms with E-state index in [-0.39, 0.29) is 42.8 Å². The molecule has 0 amide bonds. The fourth-order valence-corrected chi connectivity index (χ4v) is 5.44. The minimum atomic E-state index is -0.0355. The number of aromatic nitrogens is 3. The Morgan fingerprint density at radius 2 is 1.66 bits per heavy atom. The lowest BCUT2D eigenvalue weighted by Crippen LogP contribution is -2.38. The smallest absolute Gasteiger partial charge is 0.255 e. The van der Waals surface area contributed by atoms with Gasteiger partial charge in [0.25, 0.3) is 5.56 Å². The van der Waals surface area contributed by atoms with E-state index in [0.29, 0.717) is 17.7 Å². The second-order valence-electron chi connectivity index (χ2n) is 10.2. The van der Waals surface area contributed by atoms with Crippen molar-refractivity contribution in [2.45, 2.75) is 37.8 Å². The normalized spacial score (nSPS) is 19.4. The summed E-state index contributed by atoms with van der Waals surface area (Å²) in [7, 11) is 6.18. The topological polar surface area (TPSA) is 57.5 Å². The average molecular weight is 582 g/mol. The number of hydrogen-bond acceptors (Lipinski definition) is 6. The summed E-state index contributed by atoms with van der Waals surface area (Å²) in [5.74, 6) is 1.18. The molecule has 2 aliphatic rings. The van der Waals surface area contributed by atoms with E-state index in [9.17, 15) is 4.79 Å². The standard InChI is InChI=1S/C28H36N6O.3ClH/c1-31(2)25-12-16-33(20-25)18-21-6-8-22(9-7-21)24-5-4-15-34(19-24)28-30-26(17-27(35)32(28)3)23-10-13-29-14-11-23;;;/h6-11,13-14,17,24-25H,4-5,12,15-16,18-20H2,1-3H3;3*1H/t24?,25-;;;/m1.../s1. The van der Waals surface area contributed by atoms with Gasteiger partial charge in [-0.05, 0) is 56.6 Å². The second kappa shape index (κ2) is 14.3. The third-order valence-electron chi connectivity index (χ3n) is 7.63. The van der Waals surface area contributed by atoms with Gasteiger partial charge in [-0.2, -0.15) is 0 Å². The van der Waals surface area contributed by atoms with Gasteiger partial charge in [-0.25, -0.2) is 4.98 Å². The Kier molecular flexibility index (Phi) is 12.1. The van der Waals surface area contributed by atoms with Crippen LogP contribution in [0.4, 0.5) is 5.95 Å². The summed E-state index contributed by atoms with van der Waals surface area (Å²) in [6.45, 7) is 5.13. The van der Waals surface area contributed by atoms with Crippen molar-refractivity contribution in [2.75, 3.05) is 45.2 Å². The van der Waals surface area contributed by atoms with Crippen molar-refractivity contribution in [2.24, 2.45) is 7.05 Å². The highest BCUT2D eigenvalue weighted by molar-refractivity contribution is 5.86. The molecule has 0 bridgehead atoms. The maximum Gasteiger partial charge on any atom is 0.255 e. The van der Waals surface area contributed by atoms with Crippen molar-refractivity contribution in [3.8, 4) is 11.3 Å². The van der Waals surface area contributed by atoms with Gasteiger partial charge in [0, 0.05) is 75.8 Å². The minimum Gasteiger partial charge on any atom is -0.342 e. The molecule has 2 aromatic heterocycles. The Hall–Kier alpha value is -2.16. The Bertz CT molecular complexity index is 1210. The van der Waals surface area contributed by atoms with Crippen molar-refractivity contribution >= 4 is 43.2 Å². The fraction of sp³-hybridized carbons (Fsp3) is 0.464. The average Bonchev–Trinajstić information content (AvgIpc) is 3.35. The molecule has 3 aromatic rings. The molecule has 208 valence electrons. The first-order valence-corrected chi connectivity index (χ1v) is 12.7. The lowest BCUT2D eigenvalue weighted by molar-refractivity contribution is 0.264. The van der Waals surface area contributed by atoms with Gasteiger partial charge in [0.05, 0.1) is 5.69 Å². The molecule has 5 rings (SSSR count). The Morgan fingerprint density at radius 3 is 2.32 bits per heavy atom. The summed E-state index contributed by atoms with van der Waals surface area (Å²) >= 11 is 0. The highest BCUT2D eigenvalue weighted by Gasteiger charge is 2.26. The van der Waals surface area contributed by atoms with E-state index >= 15 is 0 Å². The van der Waals surface area contributed by atoms with Crippen LogP contribution in [0, 0.1) is 0 Å². The van der Waals surface area contributed by atoms with Crippen LogP contribution in [0.15, 0.2) is 59.7 Å². The molecule has 1 aromatic carbocycles. The number of pyridine rings is 1. The van der Waals surface area contributed by atoms with Crippen LogP contribution >= 0.6 is 37.2 Å². The minimum absolute atomic E-state index is 0. The number of rotatable bonds is 6. The van der Waals surface area contributed by atoms with Crippen molar-refractivity contribution in [3.63, 3.8) is 0 Å². The molecule has 2 fully saturated rings. The molecule has 7 nitrogen and oxygen atoms in total. The van der Waals surface area contributed by atoms with Gasteiger partial charge in [0.2, 0.25) is 5.95 Å². The van der Waals surface area contributed by atoms with E-state index in [0.717, 1.165) is 50.5 Å². The van der Waals surface area contributed by atoms with Crippen LogP contribution in [-0.4, -0.2) is 70.7 Å². The zero-order chi connectivity index (χ0) is 24.4. The van der Waals surface area contributed by atoms with Gasteiger partial charge in [-0.3, -0.25) is 19.2 Å². The van der Waals surface area contributed by atoms with E-state index in [1.165, 1.54) is 24.1 Å². The second-order valence-corrected chi connectivity index (χ2v) is 10.2. The predicted octanol–water partition coefficient (Wildman–Crippen LogP) is 4.63. The van der Waals surface area contributed by atoms with Crippen LogP contribution in [0.2, 0.25) is 0 Å². The highest BCUT2D eigenvalue weighted by atomic mass is 35.5. The van der Waals surface area contributed by atoms with Crippen LogP contribution in [0.1, 0.15) is 36.3 Å². The van der Waals surface area contributed by atoms with Gasteiger partial charge in [-0.15, -0.1) is 37.2 Å². The van der Waals surface area contributed by atoms with Crippen LogP contribution in [0.5, 0.6) is 0 Å². The first-order valence-electron chi connectivity index (χ1n) is 12.7. The third kappa shape index (κ3) is 7.27. The third-order valence-corrected chi connectivity index (χ3v) is 7.63. The molecule has 2 atom stereocenters. The summed E-state index contributed by atoms with van der Waals surface area (Å²) in [6, 6.07) is 15.3. The number of nitrogens with zero attached hydrogens (tertiary/aromatic N) is 6. The maximum atomic E-state index is 12.7. The van der Waals surface area contributed by atoms with Crippen molar-refractivity contribution < 1.29 is 0 Å². The number of hydrogen-bond donors (Lipinski definition) is 0. The van der Waals surface area contributed by atoms with Gasteiger partial charge in [0.15, 0.2) is 0 Å². The highest BCUT2D eigenvalue weighted by Crippen LogP contribution is 2.30. The SMILES string of the molecule is CN(C)[C@@H]1CCN(Cc2ccc(C3CCCN(c4nc(-c5ccncc5)cc(=O)n4C)C3)cc2)C1.Cl.Cl.Cl. The van der Waals surface area contributed by atoms with E-state index < -0.39 is 0 Å². The Morgan fingerprint density at radius 1 is 0.947 bits per heavy atom. The molecule has 1 unspecified atom stereocenters. The van der Waals surface area contributed by atoms with Crippen LogP contribution in [-0.2, 0) is 13.6 Å². The molecule has 2 aliphatic heterocycles. The molecule has 0 saturated carbocycles. The molecule has 38 heavy (non-hydrogen) atoms. The molecular formula is C28H39Cl3N6O. The van der Waals surface area contributed by atoms with E-state index in [1.54, 1.807) is 23.0 Å². The fourth-order valence-electron chi connectivity index (χ4n) is 5.44. The summed E-state index contributed by atoms with van der Waals surface area (Å²) in [5.41, 5.74) is 4.34. The van der Waals surface area contributed by atoms with Gasteiger partial charge in [0.1, 0.15) is 0 Å². The monoisotopic (exact) mass is 580 g/mol. The van der Waals surface area contributed by atoms with Crippen molar-refractivity contribution in [1.29, 1.82) is 0 Å². The zero-order valence-electron chi connectivity index (χ0n) is 22.3. The molecule has 4 heterocycles. The largest absolute Gasteiger partial charge is 0.342 e. The first kappa shape index (κ1) is 32.1. The summed E-state index contributed by atoms with van der Waals surface area (Å²) in [6.07, 6.45) is 6.96. The summed E-state index contributed by atoms with van der Waals surface area (Å²) < 4.78 is 1.67. The number of benzene rings is 1. The summed E-state index contributed by atoms with van der Waals surface area (Å²) in [4.78, 5) is 28.9. The van der Waals surface area contributed by atoms with E-state index in [2.05, 4.69) is 58.0 Å². The molecule has 0 N–H and O–H groups in total. The Labute approximate surface area is 244 Å². The number of likely N-dealkylation sites (N-methyl/N-ethyl adjacent to an activating group) is 1. The molecular weight excluding hydrogens is 543 g/mol. The van der Waals surface area contributed by atoms with Crippen LogP contribution < -0.4 is 10.5 Å². The Balaban J connectivity index is 0.00000169. The van der Waals surface area contributed by atoms with E-state index in [4.69, 9.17) is 4.98 Å². The zero-order valence-corrected chi connectivity index (χ0v) is 24.8. The molecule has 0 radical (unpaired) electrons. The van der Waals surface area contributed by atoms with Gasteiger partial charge >= 0.3 is 0 Å². The quantitative estimate of drug-likeness (QED) is 0.423. The van der Waals surface area contributed by atoms with Gasteiger partial charge < -0.3 is 9.80 Å². The molecule has 0 aliphatic carbocycles. The number of halogens is 3.